The monoisotopic (exact) mass is 376 g/mol. The summed E-state index contributed by atoms with van der Waals surface area (Å²) in [5, 5.41) is 11.2. The molecule has 1 saturated heterocycles. The minimum absolute atomic E-state index is 0.0389. The average Bonchev–Trinajstić information content (AvgIpc) is 3.14. The van der Waals surface area contributed by atoms with E-state index in [0.717, 1.165) is 37.3 Å². The molecule has 1 aromatic heterocycles. The van der Waals surface area contributed by atoms with E-state index in [0.29, 0.717) is 5.56 Å². The molecule has 0 unspecified atom stereocenters. The van der Waals surface area contributed by atoms with Crippen LogP contribution in [0.1, 0.15) is 24.0 Å². The molecule has 0 amide bonds. The molecule has 0 atom stereocenters. The lowest BCUT2D eigenvalue weighted by Crippen LogP contribution is -2.25. The van der Waals surface area contributed by atoms with Crippen LogP contribution in [0.4, 0.5) is 11.5 Å². The molecule has 0 spiro atoms. The second-order valence-electron chi connectivity index (χ2n) is 6.22. The van der Waals surface area contributed by atoms with Crippen molar-refractivity contribution in [2.75, 3.05) is 18.0 Å². The molecular formula is C17H20N4O4S. The molecule has 1 fully saturated rings. The van der Waals surface area contributed by atoms with Gasteiger partial charge < -0.3 is 4.90 Å². The summed E-state index contributed by atoms with van der Waals surface area (Å²) in [6.07, 6.45) is 3.89. The molecule has 0 bridgehead atoms. The molecule has 0 saturated carbocycles. The van der Waals surface area contributed by atoms with E-state index >= 15 is 0 Å². The summed E-state index contributed by atoms with van der Waals surface area (Å²) < 4.78 is 27.8. The van der Waals surface area contributed by atoms with Crippen molar-refractivity contribution in [3.05, 3.63) is 57.8 Å². The van der Waals surface area contributed by atoms with Crippen LogP contribution in [-0.4, -0.2) is 31.4 Å². The highest BCUT2D eigenvalue weighted by Gasteiger charge is 2.27. The maximum absolute atomic E-state index is 12.7. The summed E-state index contributed by atoms with van der Waals surface area (Å²) in [5.74, 6) is 0.820. The van der Waals surface area contributed by atoms with Crippen LogP contribution < -0.4 is 9.62 Å². The number of pyridine rings is 1. The summed E-state index contributed by atoms with van der Waals surface area (Å²) in [6.45, 7) is 3.46. The number of rotatable bonds is 6. The van der Waals surface area contributed by atoms with Crippen molar-refractivity contribution in [3.63, 3.8) is 0 Å². The van der Waals surface area contributed by atoms with E-state index < -0.39 is 20.6 Å². The number of nitro groups is 1. The molecule has 8 nitrogen and oxygen atoms in total. The fourth-order valence-electron chi connectivity index (χ4n) is 3.07. The van der Waals surface area contributed by atoms with Crippen molar-refractivity contribution in [2.45, 2.75) is 31.2 Å². The lowest BCUT2D eigenvalue weighted by molar-refractivity contribution is -0.387. The van der Waals surface area contributed by atoms with Gasteiger partial charge in [-0.1, -0.05) is 12.1 Å². The number of hydrogen-bond acceptors (Lipinski definition) is 6. The Morgan fingerprint density at radius 2 is 2.00 bits per heavy atom. The van der Waals surface area contributed by atoms with Crippen molar-refractivity contribution < 1.29 is 13.3 Å². The van der Waals surface area contributed by atoms with E-state index in [1.807, 2.05) is 6.07 Å². The van der Waals surface area contributed by atoms with Crippen LogP contribution in [0.2, 0.25) is 0 Å². The molecular weight excluding hydrogens is 356 g/mol. The first kappa shape index (κ1) is 18.3. The zero-order valence-corrected chi connectivity index (χ0v) is 15.2. The minimum atomic E-state index is -4.02. The zero-order chi connectivity index (χ0) is 18.7. The first-order valence-corrected chi connectivity index (χ1v) is 9.80. The Labute approximate surface area is 152 Å². The predicted molar refractivity (Wildman–Crippen MR) is 97.5 cm³/mol. The number of aryl methyl sites for hydroxylation is 1. The summed E-state index contributed by atoms with van der Waals surface area (Å²) in [5.41, 5.74) is 0.658. The lowest BCUT2D eigenvalue weighted by atomic mass is 10.2. The molecule has 2 heterocycles. The predicted octanol–water partition coefficient (Wildman–Crippen LogP) is 2.38. The Morgan fingerprint density at radius 3 is 2.69 bits per heavy atom. The third-order valence-corrected chi connectivity index (χ3v) is 5.96. The number of hydrogen-bond donors (Lipinski definition) is 1. The summed E-state index contributed by atoms with van der Waals surface area (Å²) in [4.78, 5) is 16.7. The third kappa shape index (κ3) is 3.83. The average molecular weight is 376 g/mol. The van der Waals surface area contributed by atoms with E-state index in [-0.39, 0.29) is 11.4 Å². The molecule has 1 aliphatic heterocycles. The van der Waals surface area contributed by atoms with Crippen LogP contribution in [0.5, 0.6) is 0 Å². The standard InChI is InChI=1S/C17H20N4O4S/c1-13-5-4-6-15(21(22)23)17(13)26(24,25)19-12-14-7-8-18-16(11-14)20-9-2-3-10-20/h4-8,11,19H,2-3,9-10,12H2,1H3. The number of anilines is 1. The quantitative estimate of drug-likeness (QED) is 0.613. The summed E-state index contributed by atoms with van der Waals surface area (Å²) >= 11 is 0. The van der Waals surface area contributed by atoms with Crippen molar-refractivity contribution in [2.24, 2.45) is 0 Å². The van der Waals surface area contributed by atoms with Crippen LogP contribution in [-0.2, 0) is 16.6 Å². The van der Waals surface area contributed by atoms with Crippen LogP contribution in [0.3, 0.4) is 0 Å². The third-order valence-electron chi connectivity index (χ3n) is 4.36. The van der Waals surface area contributed by atoms with Gasteiger partial charge in [0.1, 0.15) is 5.82 Å². The van der Waals surface area contributed by atoms with Crippen molar-refractivity contribution in [1.82, 2.24) is 9.71 Å². The Bertz CT molecular complexity index is 924. The van der Waals surface area contributed by atoms with Gasteiger partial charge in [0.25, 0.3) is 5.69 Å². The Balaban J connectivity index is 1.81. The largest absolute Gasteiger partial charge is 0.357 e. The normalized spacial score (nSPS) is 14.6. The van der Waals surface area contributed by atoms with Gasteiger partial charge in [-0.15, -0.1) is 0 Å². The Morgan fingerprint density at radius 1 is 1.27 bits per heavy atom. The highest BCUT2D eigenvalue weighted by Crippen LogP contribution is 2.27. The number of nitrogens with zero attached hydrogens (tertiary/aromatic N) is 3. The molecule has 3 rings (SSSR count). The van der Waals surface area contributed by atoms with E-state index in [9.17, 15) is 18.5 Å². The molecule has 138 valence electrons. The van der Waals surface area contributed by atoms with E-state index in [1.165, 1.54) is 12.1 Å². The Kier molecular flexibility index (Phi) is 5.19. The summed E-state index contributed by atoms with van der Waals surface area (Å²) in [6, 6.07) is 7.78. The zero-order valence-electron chi connectivity index (χ0n) is 14.4. The van der Waals surface area contributed by atoms with Gasteiger partial charge in [0, 0.05) is 31.9 Å². The maximum atomic E-state index is 12.7. The van der Waals surface area contributed by atoms with Gasteiger partial charge in [-0.25, -0.2) is 18.1 Å². The molecule has 0 radical (unpaired) electrons. The van der Waals surface area contributed by atoms with Gasteiger partial charge in [-0.2, -0.15) is 0 Å². The molecule has 26 heavy (non-hydrogen) atoms. The second kappa shape index (κ2) is 7.38. The van der Waals surface area contributed by atoms with E-state index in [4.69, 9.17) is 0 Å². The fourth-order valence-corrected chi connectivity index (χ4v) is 4.48. The number of nitrogens with one attached hydrogen (secondary N) is 1. The number of aromatic nitrogens is 1. The highest BCUT2D eigenvalue weighted by molar-refractivity contribution is 7.89. The maximum Gasteiger partial charge on any atom is 0.289 e. The summed E-state index contributed by atoms with van der Waals surface area (Å²) in [7, 11) is -4.02. The highest BCUT2D eigenvalue weighted by atomic mass is 32.2. The molecule has 9 heteroatoms. The molecule has 2 aromatic rings. The van der Waals surface area contributed by atoms with Gasteiger partial charge in [-0.3, -0.25) is 10.1 Å². The minimum Gasteiger partial charge on any atom is -0.357 e. The van der Waals surface area contributed by atoms with Gasteiger partial charge in [-0.05, 0) is 43.0 Å². The first-order valence-electron chi connectivity index (χ1n) is 8.32. The molecule has 1 aromatic carbocycles. The smallest absolute Gasteiger partial charge is 0.289 e. The number of benzene rings is 1. The topological polar surface area (TPSA) is 105 Å². The van der Waals surface area contributed by atoms with Crippen LogP contribution in [0, 0.1) is 17.0 Å². The van der Waals surface area contributed by atoms with Crippen molar-refractivity contribution in [3.8, 4) is 0 Å². The van der Waals surface area contributed by atoms with Crippen LogP contribution >= 0.6 is 0 Å². The van der Waals surface area contributed by atoms with Gasteiger partial charge in [0.15, 0.2) is 4.90 Å². The van der Waals surface area contributed by atoms with Gasteiger partial charge >= 0.3 is 0 Å². The molecule has 1 N–H and O–H groups in total. The van der Waals surface area contributed by atoms with E-state index in [1.54, 1.807) is 25.3 Å². The van der Waals surface area contributed by atoms with Gasteiger partial charge in [0.2, 0.25) is 10.0 Å². The van der Waals surface area contributed by atoms with Crippen LogP contribution in [0.15, 0.2) is 41.4 Å². The van der Waals surface area contributed by atoms with Crippen molar-refractivity contribution in [1.29, 1.82) is 0 Å². The SMILES string of the molecule is Cc1cccc([N+](=O)[O-])c1S(=O)(=O)NCc1ccnc(N2CCCC2)c1. The Hall–Kier alpha value is -2.52. The number of sulfonamides is 1. The molecule has 0 aliphatic carbocycles. The number of nitro benzene ring substituents is 1. The second-order valence-corrected chi connectivity index (χ2v) is 7.93. The van der Waals surface area contributed by atoms with E-state index in [2.05, 4.69) is 14.6 Å². The van der Waals surface area contributed by atoms with Gasteiger partial charge in [0.05, 0.1) is 4.92 Å². The van der Waals surface area contributed by atoms with Crippen LogP contribution in [0.25, 0.3) is 0 Å². The molecule has 1 aliphatic rings. The fraction of sp³-hybridized carbons (Fsp3) is 0.353. The first-order chi connectivity index (χ1) is 12.4. The lowest BCUT2D eigenvalue weighted by Gasteiger charge is -2.17. The van der Waals surface area contributed by atoms with Crippen molar-refractivity contribution >= 4 is 21.5 Å².